The lowest BCUT2D eigenvalue weighted by Gasteiger charge is -1.99. The van der Waals surface area contributed by atoms with Crippen LogP contribution in [0.1, 0.15) is 13.8 Å². The first-order chi connectivity index (χ1) is 5.34. The van der Waals surface area contributed by atoms with Crippen molar-refractivity contribution in [1.29, 1.82) is 0 Å². The summed E-state index contributed by atoms with van der Waals surface area (Å²) in [6.07, 6.45) is 1.70. The number of hydrogen-bond donors (Lipinski definition) is 2. The van der Waals surface area contributed by atoms with Gasteiger partial charge in [0.05, 0.1) is 5.69 Å². The molecule has 62 valence electrons. The SMILES string of the molecule is CC.CNc1ncccc1N. The minimum atomic E-state index is 0.681. The molecule has 0 amide bonds. The van der Waals surface area contributed by atoms with Crippen molar-refractivity contribution in [3.63, 3.8) is 0 Å². The van der Waals surface area contributed by atoms with Gasteiger partial charge in [-0.3, -0.25) is 0 Å². The van der Waals surface area contributed by atoms with Gasteiger partial charge in [0.25, 0.3) is 0 Å². The maximum Gasteiger partial charge on any atom is 0.148 e. The van der Waals surface area contributed by atoms with Crippen molar-refractivity contribution in [1.82, 2.24) is 4.98 Å². The van der Waals surface area contributed by atoms with Gasteiger partial charge in [0.15, 0.2) is 0 Å². The number of rotatable bonds is 1. The Hall–Kier alpha value is -1.25. The van der Waals surface area contributed by atoms with Crippen molar-refractivity contribution >= 4 is 11.5 Å². The largest absolute Gasteiger partial charge is 0.396 e. The first-order valence-electron chi connectivity index (χ1n) is 3.73. The Balaban J connectivity index is 0.000000461. The Labute approximate surface area is 67.6 Å². The zero-order valence-electron chi connectivity index (χ0n) is 7.26. The predicted octanol–water partition coefficient (Wildman–Crippen LogP) is 1.73. The summed E-state index contributed by atoms with van der Waals surface area (Å²) in [7, 11) is 1.79. The van der Waals surface area contributed by atoms with Gasteiger partial charge >= 0.3 is 0 Å². The molecule has 0 aliphatic rings. The van der Waals surface area contributed by atoms with E-state index in [1.165, 1.54) is 0 Å². The van der Waals surface area contributed by atoms with Crippen LogP contribution in [0.25, 0.3) is 0 Å². The van der Waals surface area contributed by atoms with Gasteiger partial charge in [0.2, 0.25) is 0 Å². The quantitative estimate of drug-likeness (QED) is 0.646. The Morgan fingerprint density at radius 1 is 1.45 bits per heavy atom. The third-order valence-electron chi connectivity index (χ3n) is 1.08. The van der Waals surface area contributed by atoms with Crippen LogP contribution in [-0.4, -0.2) is 12.0 Å². The van der Waals surface area contributed by atoms with E-state index in [1.54, 1.807) is 25.4 Å². The van der Waals surface area contributed by atoms with Crippen LogP contribution in [-0.2, 0) is 0 Å². The molecule has 0 atom stereocenters. The fourth-order valence-electron chi connectivity index (χ4n) is 0.627. The first-order valence-corrected chi connectivity index (χ1v) is 3.73. The van der Waals surface area contributed by atoms with E-state index in [0.29, 0.717) is 5.69 Å². The van der Waals surface area contributed by atoms with Crippen molar-refractivity contribution in [2.45, 2.75) is 13.8 Å². The van der Waals surface area contributed by atoms with Crippen molar-refractivity contribution in [2.24, 2.45) is 0 Å². The molecule has 0 radical (unpaired) electrons. The minimum Gasteiger partial charge on any atom is -0.396 e. The van der Waals surface area contributed by atoms with E-state index < -0.39 is 0 Å². The molecule has 0 unspecified atom stereocenters. The summed E-state index contributed by atoms with van der Waals surface area (Å²) in [5, 5.41) is 2.86. The van der Waals surface area contributed by atoms with Gasteiger partial charge in [-0.2, -0.15) is 0 Å². The highest BCUT2D eigenvalue weighted by atomic mass is 15.0. The zero-order chi connectivity index (χ0) is 8.69. The van der Waals surface area contributed by atoms with Crippen molar-refractivity contribution in [3.8, 4) is 0 Å². The average Bonchev–Trinajstić information content (AvgIpc) is 2.09. The molecular weight excluding hydrogens is 138 g/mol. The van der Waals surface area contributed by atoms with Crippen LogP contribution in [0.15, 0.2) is 18.3 Å². The summed E-state index contributed by atoms with van der Waals surface area (Å²) in [6, 6.07) is 3.61. The van der Waals surface area contributed by atoms with Gasteiger partial charge in [-0.25, -0.2) is 4.98 Å². The topological polar surface area (TPSA) is 50.9 Å². The van der Waals surface area contributed by atoms with Crippen LogP contribution >= 0.6 is 0 Å². The predicted molar refractivity (Wildman–Crippen MR) is 49.5 cm³/mol. The molecule has 3 N–H and O–H groups in total. The maximum atomic E-state index is 5.51. The molecule has 0 saturated heterocycles. The molecule has 0 fully saturated rings. The monoisotopic (exact) mass is 153 g/mol. The van der Waals surface area contributed by atoms with Gasteiger partial charge in [-0.15, -0.1) is 0 Å². The lowest BCUT2D eigenvalue weighted by molar-refractivity contribution is 1.29. The van der Waals surface area contributed by atoms with Crippen LogP contribution in [0.4, 0.5) is 11.5 Å². The van der Waals surface area contributed by atoms with Crippen molar-refractivity contribution < 1.29 is 0 Å². The fraction of sp³-hybridized carbons (Fsp3) is 0.375. The zero-order valence-corrected chi connectivity index (χ0v) is 7.26. The number of aromatic nitrogens is 1. The van der Waals surface area contributed by atoms with Crippen molar-refractivity contribution in [3.05, 3.63) is 18.3 Å². The smallest absolute Gasteiger partial charge is 0.148 e. The fourth-order valence-corrected chi connectivity index (χ4v) is 0.627. The second-order valence-corrected chi connectivity index (χ2v) is 1.69. The number of nitrogen functional groups attached to an aromatic ring is 1. The van der Waals surface area contributed by atoms with E-state index in [1.807, 2.05) is 13.8 Å². The number of anilines is 2. The lowest BCUT2D eigenvalue weighted by atomic mass is 10.4. The second kappa shape index (κ2) is 5.53. The van der Waals surface area contributed by atoms with Gasteiger partial charge in [0, 0.05) is 13.2 Å². The number of pyridine rings is 1. The van der Waals surface area contributed by atoms with E-state index in [9.17, 15) is 0 Å². The maximum absolute atomic E-state index is 5.51. The van der Waals surface area contributed by atoms with Crippen LogP contribution in [0, 0.1) is 0 Å². The third kappa shape index (κ3) is 2.89. The Morgan fingerprint density at radius 3 is 2.45 bits per heavy atom. The van der Waals surface area contributed by atoms with Gasteiger partial charge in [0.1, 0.15) is 5.82 Å². The van der Waals surface area contributed by atoms with Crippen LogP contribution in [0.2, 0.25) is 0 Å². The summed E-state index contributed by atoms with van der Waals surface area (Å²) in [5.41, 5.74) is 6.19. The van der Waals surface area contributed by atoms with E-state index in [0.717, 1.165) is 5.82 Å². The Kier molecular flexibility index (Phi) is 4.90. The highest BCUT2D eigenvalue weighted by Crippen LogP contribution is 2.10. The van der Waals surface area contributed by atoms with E-state index in [-0.39, 0.29) is 0 Å². The molecule has 3 heteroatoms. The highest BCUT2D eigenvalue weighted by molar-refractivity contribution is 5.59. The average molecular weight is 153 g/mol. The molecule has 1 aromatic heterocycles. The van der Waals surface area contributed by atoms with E-state index in [2.05, 4.69) is 10.3 Å². The number of hydrogen-bond acceptors (Lipinski definition) is 3. The summed E-state index contributed by atoms with van der Waals surface area (Å²) in [6.45, 7) is 4.00. The van der Waals surface area contributed by atoms with Crippen molar-refractivity contribution in [2.75, 3.05) is 18.1 Å². The highest BCUT2D eigenvalue weighted by Gasteiger charge is 1.91. The van der Waals surface area contributed by atoms with Gasteiger partial charge < -0.3 is 11.1 Å². The number of nitrogens with two attached hydrogens (primary N) is 1. The minimum absolute atomic E-state index is 0.681. The number of nitrogens with zero attached hydrogens (tertiary/aromatic N) is 1. The van der Waals surface area contributed by atoms with E-state index in [4.69, 9.17) is 5.73 Å². The molecule has 1 aromatic rings. The van der Waals surface area contributed by atoms with Crippen LogP contribution in [0.5, 0.6) is 0 Å². The molecule has 0 spiro atoms. The summed E-state index contributed by atoms with van der Waals surface area (Å²) < 4.78 is 0. The Bertz CT molecular complexity index is 198. The molecule has 1 rings (SSSR count). The summed E-state index contributed by atoms with van der Waals surface area (Å²) in [4.78, 5) is 3.96. The molecular formula is C8H15N3. The molecule has 11 heavy (non-hydrogen) atoms. The Morgan fingerprint density at radius 2 is 2.09 bits per heavy atom. The van der Waals surface area contributed by atoms with Gasteiger partial charge in [-0.05, 0) is 12.1 Å². The standard InChI is InChI=1S/C6H9N3.C2H6/c1-8-6-5(7)3-2-4-9-6;1-2/h2-4H,7H2,1H3,(H,8,9);1-2H3. The molecule has 0 saturated carbocycles. The van der Waals surface area contributed by atoms with Crippen LogP contribution in [0.3, 0.4) is 0 Å². The molecule has 1 heterocycles. The lowest BCUT2D eigenvalue weighted by Crippen LogP contribution is -1.96. The second-order valence-electron chi connectivity index (χ2n) is 1.69. The molecule has 0 aliphatic heterocycles. The van der Waals surface area contributed by atoms with Gasteiger partial charge in [-0.1, -0.05) is 13.8 Å². The summed E-state index contributed by atoms with van der Waals surface area (Å²) >= 11 is 0. The third-order valence-corrected chi connectivity index (χ3v) is 1.08. The van der Waals surface area contributed by atoms with Crippen LogP contribution < -0.4 is 11.1 Å². The van der Waals surface area contributed by atoms with E-state index >= 15 is 0 Å². The number of nitrogens with one attached hydrogen (secondary N) is 1. The molecule has 0 bridgehead atoms. The molecule has 0 aromatic carbocycles. The molecule has 0 aliphatic carbocycles. The first kappa shape index (κ1) is 9.75. The summed E-state index contributed by atoms with van der Waals surface area (Å²) in [5.74, 6) is 0.734. The normalized spacial score (nSPS) is 7.91. The molecule has 3 nitrogen and oxygen atoms in total.